The van der Waals surface area contributed by atoms with E-state index in [1.165, 1.54) is 6.20 Å². The average molecular weight is 343 g/mol. The number of pyridine rings is 1. The molecule has 0 saturated heterocycles. The van der Waals surface area contributed by atoms with E-state index in [2.05, 4.69) is 4.98 Å². The first-order chi connectivity index (χ1) is 7.02. The molecule has 6 heteroatoms. The second-order valence-corrected chi connectivity index (χ2v) is 4.34. The van der Waals surface area contributed by atoms with Crippen LogP contribution in [0.3, 0.4) is 0 Å². The van der Waals surface area contributed by atoms with Crippen LogP contribution in [0.15, 0.2) is 12.3 Å². The topological polar surface area (TPSA) is 12.9 Å². The number of halogens is 5. The zero-order valence-electron chi connectivity index (χ0n) is 6.99. The smallest absolute Gasteiger partial charge is 0.185 e. The van der Waals surface area contributed by atoms with Crippen LogP contribution in [0.5, 0.6) is 0 Å². The van der Waals surface area contributed by atoms with Crippen molar-refractivity contribution in [3.63, 3.8) is 0 Å². The van der Waals surface area contributed by atoms with Gasteiger partial charge in [-0.3, -0.25) is 4.98 Å². The van der Waals surface area contributed by atoms with Gasteiger partial charge in [0.1, 0.15) is 11.3 Å². The lowest BCUT2D eigenvalue weighted by atomic mass is 10.2. The van der Waals surface area contributed by atoms with Gasteiger partial charge in [-0.2, -0.15) is 0 Å². The van der Waals surface area contributed by atoms with Crippen LogP contribution < -0.4 is 0 Å². The summed E-state index contributed by atoms with van der Waals surface area (Å²) in [5.41, 5.74) is -0.391. The fourth-order valence-electron chi connectivity index (χ4n) is 1.21. The van der Waals surface area contributed by atoms with Gasteiger partial charge in [0.15, 0.2) is 11.6 Å². The molecule has 0 atom stereocenters. The van der Waals surface area contributed by atoms with E-state index in [0.29, 0.717) is 9.64 Å². The maximum atomic E-state index is 13.3. The Kier molecular flexibility index (Phi) is 2.76. The molecule has 15 heavy (non-hydrogen) atoms. The number of rotatable bonds is 0. The van der Waals surface area contributed by atoms with Crippen molar-refractivity contribution in [3.05, 3.63) is 38.3 Å². The lowest BCUT2D eigenvalue weighted by Gasteiger charge is -2.04. The Morgan fingerprint density at radius 1 is 1.20 bits per heavy atom. The summed E-state index contributed by atoms with van der Waals surface area (Å²) in [4.78, 5) is 3.62. The van der Waals surface area contributed by atoms with E-state index in [1.807, 2.05) is 22.6 Å². The molecule has 0 amide bonds. The van der Waals surface area contributed by atoms with Crippen molar-refractivity contribution < 1.29 is 13.2 Å². The summed E-state index contributed by atoms with van der Waals surface area (Å²) < 4.78 is 39.9. The molecule has 1 aromatic heterocycles. The molecular weight excluding hydrogens is 341 g/mol. The first-order valence-electron chi connectivity index (χ1n) is 3.79. The van der Waals surface area contributed by atoms with E-state index in [0.717, 1.165) is 0 Å². The summed E-state index contributed by atoms with van der Waals surface area (Å²) in [6.07, 6.45) is 1.26. The zero-order chi connectivity index (χ0) is 11.2. The number of nitrogens with zero attached hydrogens (tertiary/aromatic N) is 1. The highest BCUT2D eigenvalue weighted by atomic mass is 127. The van der Waals surface area contributed by atoms with Crippen LogP contribution in [0, 0.1) is 21.0 Å². The maximum absolute atomic E-state index is 13.3. The van der Waals surface area contributed by atoms with Crippen molar-refractivity contribution >= 4 is 45.1 Å². The van der Waals surface area contributed by atoms with Gasteiger partial charge in [-0.1, -0.05) is 11.6 Å². The molecule has 0 aliphatic heterocycles. The summed E-state index contributed by atoms with van der Waals surface area (Å²) in [5.74, 6) is -3.38. The Labute approximate surface area is 101 Å². The van der Waals surface area contributed by atoms with Gasteiger partial charge in [0.2, 0.25) is 0 Å². The summed E-state index contributed by atoms with van der Waals surface area (Å²) in [7, 11) is 0. The molecule has 0 aliphatic rings. The summed E-state index contributed by atoms with van der Waals surface area (Å²) in [6, 6.07) is 0.460. The zero-order valence-corrected chi connectivity index (χ0v) is 9.91. The number of hydrogen-bond donors (Lipinski definition) is 0. The third-order valence-corrected chi connectivity index (χ3v) is 3.41. The molecule has 0 spiro atoms. The highest BCUT2D eigenvalue weighted by molar-refractivity contribution is 14.1. The largest absolute Gasteiger partial charge is 0.252 e. The second kappa shape index (κ2) is 3.79. The molecule has 0 fully saturated rings. The number of hydrogen-bond acceptors (Lipinski definition) is 1. The normalized spacial score (nSPS) is 11.0. The predicted octanol–water partition coefficient (Wildman–Crippen LogP) is 3.91. The van der Waals surface area contributed by atoms with Crippen LogP contribution in [0.25, 0.3) is 10.9 Å². The maximum Gasteiger partial charge on any atom is 0.185 e. The number of fused-ring (bicyclic) bond motifs is 1. The van der Waals surface area contributed by atoms with E-state index in [1.54, 1.807) is 0 Å². The molecule has 0 aliphatic carbocycles. The van der Waals surface area contributed by atoms with Gasteiger partial charge >= 0.3 is 0 Å². The van der Waals surface area contributed by atoms with E-state index >= 15 is 0 Å². The third-order valence-electron chi connectivity index (χ3n) is 1.88. The van der Waals surface area contributed by atoms with E-state index in [9.17, 15) is 13.2 Å². The monoisotopic (exact) mass is 343 g/mol. The van der Waals surface area contributed by atoms with Gasteiger partial charge in [0, 0.05) is 12.3 Å². The molecule has 0 N–H and O–H groups in total. The highest BCUT2D eigenvalue weighted by Crippen LogP contribution is 2.31. The van der Waals surface area contributed by atoms with Crippen molar-refractivity contribution in [3.8, 4) is 0 Å². The predicted molar refractivity (Wildman–Crippen MR) is 59.3 cm³/mol. The standard InChI is InChI=1S/C9H2ClF3IN/c10-7-5(14)2-15-9-6(7)3(11)1-4(12)8(9)13/h1-2H. The van der Waals surface area contributed by atoms with Crippen LogP contribution in [-0.2, 0) is 0 Å². The lowest BCUT2D eigenvalue weighted by molar-refractivity contribution is 0.504. The van der Waals surface area contributed by atoms with Crippen molar-refractivity contribution in [2.24, 2.45) is 0 Å². The van der Waals surface area contributed by atoms with Crippen molar-refractivity contribution in [1.82, 2.24) is 4.98 Å². The van der Waals surface area contributed by atoms with Crippen LogP contribution in [0.2, 0.25) is 5.02 Å². The fraction of sp³-hybridized carbons (Fsp3) is 0. The van der Waals surface area contributed by atoms with Crippen molar-refractivity contribution in [2.75, 3.05) is 0 Å². The van der Waals surface area contributed by atoms with E-state index in [-0.39, 0.29) is 10.4 Å². The second-order valence-electron chi connectivity index (χ2n) is 2.80. The molecule has 1 heterocycles. The molecule has 0 bridgehead atoms. The molecule has 2 aromatic rings. The van der Waals surface area contributed by atoms with Gasteiger partial charge in [0.05, 0.1) is 14.0 Å². The number of aromatic nitrogens is 1. The molecule has 1 aromatic carbocycles. The fourth-order valence-corrected chi connectivity index (χ4v) is 1.85. The van der Waals surface area contributed by atoms with Crippen LogP contribution >= 0.6 is 34.2 Å². The summed E-state index contributed by atoms with van der Waals surface area (Å²) in [6.45, 7) is 0. The Morgan fingerprint density at radius 3 is 2.53 bits per heavy atom. The molecule has 0 unspecified atom stereocenters. The van der Waals surface area contributed by atoms with E-state index < -0.39 is 23.0 Å². The Hall–Kier alpha value is -0.560. The minimum Gasteiger partial charge on any atom is -0.252 e. The van der Waals surface area contributed by atoms with Crippen LogP contribution in [0.4, 0.5) is 13.2 Å². The first kappa shape index (κ1) is 10.9. The molecule has 78 valence electrons. The Bertz CT molecular complexity index is 559. The molecular formula is C9H2ClF3IN. The summed E-state index contributed by atoms with van der Waals surface area (Å²) in [5, 5.41) is -0.153. The lowest BCUT2D eigenvalue weighted by Crippen LogP contribution is -1.95. The third kappa shape index (κ3) is 1.67. The van der Waals surface area contributed by atoms with Gasteiger partial charge in [-0.05, 0) is 22.6 Å². The molecule has 0 saturated carbocycles. The average Bonchev–Trinajstić information content (AvgIpc) is 2.18. The van der Waals surface area contributed by atoms with Gasteiger partial charge < -0.3 is 0 Å². The van der Waals surface area contributed by atoms with Gasteiger partial charge in [0.25, 0.3) is 0 Å². The van der Waals surface area contributed by atoms with Gasteiger partial charge in [-0.15, -0.1) is 0 Å². The Morgan fingerprint density at radius 2 is 1.87 bits per heavy atom. The van der Waals surface area contributed by atoms with Crippen molar-refractivity contribution in [2.45, 2.75) is 0 Å². The molecule has 0 radical (unpaired) electrons. The van der Waals surface area contributed by atoms with Gasteiger partial charge in [-0.25, -0.2) is 13.2 Å². The summed E-state index contributed by atoms with van der Waals surface area (Å²) >= 11 is 7.61. The quantitative estimate of drug-likeness (QED) is 0.522. The van der Waals surface area contributed by atoms with Crippen molar-refractivity contribution in [1.29, 1.82) is 0 Å². The number of benzene rings is 1. The highest BCUT2D eigenvalue weighted by Gasteiger charge is 2.17. The van der Waals surface area contributed by atoms with Crippen LogP contribution in [0.1, 0.15) is 0 Å². The SMILES string of the molecule is Fc1cc(F)c2c(Cl)c(I)cnc2c1F. The Balaban J connectivity index is 3.03. The minimum absolute atomic E-state index is 0.0389. The first-order valence-corrected chi connectivity index (χ1v) is 5.25. The van der Waals surface area contributed by atoms with E-state index in [4.69, 9.17) is 11.6 Å². The molecule has 2 rings (SSSR count). The van der Waals surface area contributed by atoms with Crippen LogP contribution in [-0.4, -0.2) is 4.98 Å². The molecule has 1 nitrogen and oxygen atoms in total. The minimum atomic E-state index is -1.27.